The van der Waals surface area contributed by atoms with Gasteiger partial charge in [0.1, 0.15) is 23.8 Å². The van der Waals surface area contributed by atoms with Gasteiger partial charge in [-0.2, -0.15) is 5.26 Å². The molecule has 0 spiro atoms. The zero-order chi connectivity index (χ0) is 27.0. The molecule has 3 heterocycles. The number of aromatic nitrogens is 3. The molecule has 1 fully saturated rings. The molecule has 1 aromatic carbocycles. The Labute approximate surface area is 221 Å². The fraction of sp³-hybridized carbons (Fsp3) is 0.345. The molecule has 2 aliphatic rings. The summed E-state index contributed by atoms with van der Waals surface area (Å²) in [5.41, 5.74) is 12.2. The van der Waals surface area contributed by atoms with Gasteiger partial charge in [-0.3, -0.25) is 9.59 Å². The number of allylic oxidation sites excluding steroid dienone is 2. The minimum atomic E-state index is -0.308. The Hall–Kier alpha value is -4.45. The standard InChI is InChI=1S/C29H31N7O2/c1-17(2)28(37)34-21-12-10-19(11-13-21)25-23(24-26(31)32-16-33-27(24)35(25)3)18-6-8-20(9-7-18)29(38)36-14-4-5-22(36)15-30/h6,10-13,16,20,22H,1,4-5,7-9,14H2,2-3H3,(H,34,37)(H2,31,32,33)/t20-,22-/m0/s1. The summed E-state index contributed by atoms with van der Waals surface area (Å²) in [6.07, 6.45) is 7.25. The number of nitrogens with one attached hydrogen (secondary N) is 1. The predicted octanol–water partition coefficient (Wildman–Crippen LogP) is 4.43. The van der Waals surface area contributed by atoms with Crippen LogP contribution in [0, 0.1) is 17.2 Å². The van der Waals surface area contributed by atoms with Gasteiger partial charge in [-0.05, 0) is 62.3 Å². The first-order chi connectivity index (χ1) is 18.3. The minimum absolute atomic E-state index is 0.0812. The quantitative estimate of drug-likeness (QED) is 0.490. The fourth-order valence-electron chi connectivity index (χ4n) is 5.56. The van der Waals surface area contributed by atoms with Crippen LogP contribution in [0.1, 0.15) is 44.6 Å². The van der Waals surface area contributed by atoms with Gasteiger partial charge in [0.25, 0.3) is 5.91 Å². The summed E-state index contributed by atoms with van der Waals surface area (Å²) in [6.45, 7) is 6.01. The Kier molecular flexibility index (Phi) is 6.72. The van der Waals surface area contributed by atoms with Crippen LogP contribution in [0.3, 0.4) is 0 Å². The zero-order valence-corrected chi connectivity index (χ0v) is 21.7. The van der Waals surface area contributed by atoms with Crippen LogP contribution in [0.15, 0.2) is 48.8 Å². The second-order valence-electron chi connectivity index (χ2n) is 10.1. The summed E-state index contributed by atoms with van der Waals surface area (Å²) >= 11 is 0. The molecule has 0 radical (unpaired) electrons. The number of carbonyl (C=O) groups is 2. The van der Waals surface area contributed by atoms with Crippen LogP contribution in [0.5, 0.6) is 0 Å². The SMILES string of the molecule is C=C(C)C(=O)Nc1ccc(-c2c(C3=CC[C@H](C(=O)N4CCC[C@H]4C#N)CC3)c3c(N)ncnc3n2C)cc1. The lowest BCUT2D eigenvalue weighted by molar-refractivity contribution is -0.135. The number of nitrogen functional groups attached to an aromatic ring is 1. The average molecular weight is 510 g/mol. The summed E-state index contributed by atoms with van der Waals surface area (Å²) in [5, 5.41) is 13.1. The monoisotopic (exact) mass is 509 g/mol. The van der Waals surface area contributed by atoms with Crippen LogP contribution in [-0.4, -0.2) is 43.8 Å². The number of fused-ring (bicyclic) bond motifs is 1. The molecular formula is C29H31N7O2. The lowest BCUT2D eigenvalue weighted by Crippen LogP contribution is -2.39. The highest BCUT2D eigenvalue weighted by Gasteiger charge is 2.34. The summed E-state index contributed by atoms with van der Waals surface area (Å²) < 4.78 is 2.02. The number of anilines is 2. The number of nitrogens with zero attached hydrogens (tertiary/aromatic N) is 5. The molecule has 1 aliphatic heterocycles. The van der Waals surface area contributed by atoms with E-state index >= 15 is 0 Å². The van der Waals surface area contributed by atoms with Crippen molar-refractivity contribution in [3.63, 3.8) is 0 Å². The van der Waals surface area contributed by atoms with E-state index in [4.69, 9.17) is 5.73 Å². The van der Waals surface area contributed by atoms with E-state index in [1.807, 2.05) is 35.9 Å². The molecule has 0 unspecified atom stereocenters. The number of nitriles is 1. The molecule has 9 heteroatoms. The highest BCUT2D eigenvalue weighted by molar-refractivity contribution is 6.05. The normalized spacial score (nSPS) is 19.2. The maximum absolute atomic E-state index is 13.2. The number of amides is 2. The fourth-order valence-corrected chi connectivity index (χ4v) is 5.56. The maximum atomic E-state index is 13.2. The van der Waals surface area contributed by atoms with E-state index in [9.17, 15) is 14.9 Å². The van der Waals surface area contributed by atoms with E-state index in [1.165, 1.54) is 6.33 Å². The van der Waals surface area contributed by atoms with E-state index in [0.717, 1.165) is 46.3 Å². The number of hydrogen-bond donors (Lipinski definition) is 2. The minimum Gasteiger partial charge on any atom is -0.383 e. The summed E-state index contributed by atoms with van der Waals surface area (Å²) in [7, 11) is 1.95. The van der Waals surface area contributed by atoms with Gasteiger partial charge in [-0.25, -0.2) is 9.97 Å². The van der Waals surface area contributed by atoms with Crippen LogP contribution in [-0.2, 0) is 16.6 Å². The first-order valence-electron chi connectivity index (χ1n) is 12.9. The first-order valence-corrected chi connectivity index (χ1v) is 12.9. The second kappa shape index (κ2) is 10.1. The van der Waals surface area contributed by atoms with Crippen molar-refractivity contribution in [2.24, 2.45) is 13.0 Å². The molecule has 3 aromatic rings. The van der Waals surface area contributed by atoms with Crippen LogP contribution >= 0.6 is 0 Å². The Bertz CT molecular complexity index is 1510. The molecule has 9 nitrogen and oxygen atoms in total. The Morgan fingerprint density at radius 1 is 1.21 bits per heavy atom. The number of benzene rings is 1. The largest absolute Gasteiger partial charge is 0.383 e. The van der Waals surface area contributed by atoms with Gasteiger partial charge in [-0.1, -0.05) is 24.8 Å². The van der Waals surface area contributed by atoms with Crippen molar-refractivity contribution in [1.29, 1.82) is 5.26 Å². The smallest absolute Gasteiger partial charge is 0.250 e. The van der Waals surface area contributed by atoms with E-state index in [-0.39, 0.29) is 23.8 Å². The highest BCUT2D eigenvalue weighted by atomic mass is 16.2. The van der Waals surface area contributed by atoms with Crippen LogP contribution in [0.4, 0.5) is 11.5 Å². The number of rotatable bonds is 5. The van der Waals surface area contributed by atoms with E-state index in [0.29, 0.717) is 42.9 Å². The molecule has 1 aliphatic carbocycles. The first kappa shape index (κ1) is 25.2. The topological polar surface area (TPSA) is 130 Å². The number of aryl methyl sites for hydroxylation is 1. The van der Waals surface area contributed by atoms with Crippen molar-refractivity contribution >= 4 is 39.9 Å². The van der Waals surface area contributed by atoms with Crippen LogP contribution in [0.25, 0.3) is 27.9 Å². The lowest BCUT2D eigenvalue weighted by Gasteiger charge is -2.28. The number of hydrogen-bond acceptors (Lipinski definition) is 6. The summed E-state index contributed by atoms with van der Waals surface area (Å²) in [5.74, 6) is 0.136. The second-order valence-corrected chi connectivity index (χ2v) is 10.1. The van der Waals surface area contributed by atoms with Gasteiger partial charge < -0.3 is 20.5 Å². The molecule has 2 atom stereocenters. The van der Waals surface area contributed by atoms with Gasteiger partial charge in [0, 0.05) is 36.3 Å². The Morgan fingerprint density at radius 2 is 1.97 bits per heavy atom. The van der Waals surface area contributed by atoms with Crippen molar-refractivity contribution in [3.05, 3.63) is 54.4 Å². The summed E-state index contributed by atoms with van der Waals surface area (Å²) in [6, 6.07) is 9.60. The molecular weight excluding hydrogens is 478 g/mol. The lowest BCUT2D eigenvalue weighted by atomic mass is 9.84. The molecule has 0 saturated carbocycles. The third-order valence-corrected chi connectivity index (χ3v) is 7.57. The van der Waals surface area contributed by atoms with E-state index in [2.05, 4.69) is 34.0 Å². The van der Waals surface area contributed by atoms with Gasteiger partial charge in [0.2, 0.25) is 5.91 Å². The number of carbonyl (C=O) groups excluding carboxylic acids is 2. The highest BCUT2D eigenvalue weighted by Crippen LogP contribution is 2.43. The van der Waals surface area contributed by atoms with Gasteiger partial charge in [0.15, 0.2) is 0 Å². The zero-order valence-electron chi connectivity index (χ0n) is 21.7. The molecule has 194 valence electrons. The molecule has 2 amide bonds. The molecule has 0 bridgehead atoms. The average Bonchev–Trinajstić information content (AvgIpc) is 3.52. The van der Waals surface area contributed by atoms with Crippen LogP contribution < -0.4 is 11.1 Å². The maximum Gasteiger partial charge on any atom is 0.250 e. The van der Waals surface area contributed by atoms with Gasteiger partial charge >= 0.3 is 0 Å². The molecule has 3 N–H and O–H groups in total. The van der Waals surface area contributed by atoms with Gasteiger partial charge in [-0.15, -0.1) is 0 Å². The van der Waals surface area contributed by atoms with Crippen molar-refractivity contribution < 1.29 is 9.59 Å². The van der Waals surface area contributed by atoms with Gasteiger partial charge in [0.05, 0.1) is 17.1 Å². The van der Waals surface area contributed by atoms with Crippen molar-refractivity contribution in [2.45, 2.75) is 45.1 Å². The molecule has 1 saturated heterocycles. The molecule has 38 heavy (non-hydrogen) atoms. The third-order valence-electron chi connectivity index (χ3n) is 7.57. The number of likely N-dealkylation sites (tertiary alicyclic amines) is 1. The predicted molar refractivity (Wildman–Crippen MR) is 147 cm³/mol. The van der Waals surface area contributed by atoms with E-state index < -0.39 is 0 Å². The summed E-state index contributed by atoms with van der Waals surface area (Å²) in [4.78, 5) is 35.8. The third kappa shape index (κ3) is 4.43. The number of nitrogens with two attached hydrogens (primary N) is 1. The van der Waals surface area contributed by atoms with Crippen LogP contribution in [0.2, 0.25) is 0 Å². The van der Waals surface area contributed by atoms with E-state index in [1.54, 1.807) is 11.8 Å². The Morgan fingerprint density at radius 3 is 2.63 bits per heavy atom. The van der Waals surface area contributed by atoms with Crippen molar-refractivity contribution in [2.75, 3.05) is 17.6 Å². The van der Waals surface area contributed by atoms with Crippen molar-refractivity contribution in [3.8, 4) is 17.3 Å². The molecule has 2 aromatic heterocycles. The Balaban J connectivity index is 1.51. The van der Waals surface area contributed by atoms with Crippen molar-refractivity contribution in [1.82, 2.24) is 19.4 Å². The molecule has 5 rings (SSSR count).